The molecule has 3 aromatic rings. The van der Waals surface area contributed by atoms with E-state index in [4.69, 9.17) is 4.74 Å². The Hall–Kier alpha value is -2.99. The molecule has 0 fully saturated rings. The standard InChI is InChI=1S/C18H18N4O2/c1-24-17(15-7-3-2-4-8-15)18(23)21-16-9-5-6-14(10-16)11-22-12-19-20-13-22/h2-10,12-13,17H,11H2,1H3,(H,21,23)/t17-/m1/s1. The van der Waals surface area contributed by atoms with Crippen molar-refractivity contribution in [2.24, 2.45) is 0 Å². The van der Waals surface area contributed by atoms with Crippen molar-refractivity contribution in [3.8, 4) is 0 Å². The van der Waals surface area contributed by atoms with Gasteiger partial charge in [0.15, 0.2) is 6.10 Å². The lowest BCUT2D eigenvalue weighted by Gasteiger charge is -2.16. The van der Waals surface area contributed by atoms with Crippen LogP contribution in [0.2, 0.25) is 0 Å². The number of methoxy groups -OCH3 is 1. The molecule has 1 N–H and O–H groups in total. The molecule has 122 valence electrons. The second-order valence-corrected chi connectivity index (χ2v) is 5.35. The molecule has 1 heterocycles. The third-order valence-corrected chi connectivity index (χ3v) is 3.60. The van der Waals surface area contributed by atoms with Crippen LogP contribution < -0.4 is 5.32 Å². The van der Waals surface area contributed by atoms with E-state index in [2.05, 4.69) is 15.5 Å². The number of nitrogens with zero attached hydrogens (tertiary/aromatic N) is 3. The summed E-state index contributed by atoms with van der Waals surface area (Å²) in [4.78, 5) is 12.5. The molecule has 0 aliphatic heterocycles. The highest BCUT2D eigenvalue weighted by Crippen LogP contribution is 2.19. The summed E-state index contributed by atoms with van der Waals surface area (Å²) in [5.41, 5.74) is 2.59. The Labute approximate surface area is 140 Å². The normalized spacial score (nSPS) is 11.9. The van der Waals surface area contributed by atoms with Crippen molar-refractivity contribution in [2.75, 3.05) is 12.4 Å². The van der Waals surface area contributed by atoms with Crippen LogP contribution in [0.25, 0.3) is 0 Å². The first-order chi connectivity index (χ1) is 11.8. The first-order valence-corrected chi connectivity index (χ1v) is 7.56. The molecule has 1 amide bonds. The second kappa shape index (κ2) is 7.52. The summed E-state index contributed by atoms with van der Waals surface area (Å²) in [5, 5.41) is 10.5. The first-order valence-electron chi connectivity index (χ1n) is 7.56. The highest BCUT2D eigenvalue weighted by atomic mass is 16.5. The maximum atomic E-state index is 12.5. The van der Waals surface area contributed by atoms with Gasteiger partial charge in [0.1, 0.15) is 12.7 Å². The molecule has 0 saturated heterocycles. The number of aromatic nitrogens is 3. The predicted octanol–water partition coefficient (Wildman–Crippen LogP) is 2.65. The smallest absolute Gasteiger partial charge is 0.258 e. The lowest BCUT2D eigenvalue weighted by atomic mass is 10.1. The number of carbonyl (C=O) groups excluding carboxylic acids is 1. The van der Waals surface area contributed by atoms with Crippen LogP contribution >= 0.6 is 0 Å². The Morgan fingerprint density at radius 2 is 1.88 bits per heavy atom. The largest absolute Gasteiger partial charge is 0.367 e. The molecule has 0 aliphatic rings. The van der Waals surface area contributed by atoms with Gasteiger partial charge in [-0.15, -0.1) is 10.2 Å². The number of benzene rings is 2. The zero-order valence-corrected chi connectivity index (χ0v) is 13.3. The summed E-state index contributed by atoms with van der Waals surface area (Å²) >= 11 is 0. The maximum Gasteiger partial charge on any atom is 0.258 e. The molecule has 1 atom stereocenters. The number of ether oxygens (including phenoxy) is 1. The molecule has 6 heteroatoms. The van der Waals surface area contributed by atoms with Crippen LogP contribution in [0.15, 0.2) is 67.3 Å². The predicted molar refractivity (Wildman–Crippen MR) is 90.4 cm³/mol. The summed E-state index contributed by atoms with van der Waals surface area (Å²) in [5.74, 6) is -0.204. The van der Waals surface area contributed by atoms with Crippen LogP contribution in [0, 0.1) is 0 Å². The first kappa shape index (κ1) is 15.9. The van der Waals surface area contributed by atoms with Crippen LogP contribution in [0.3, 0.4) is 0 Å². The molecule has 2 aromatic carbocycles. The van der Waals surface area contributed by atoms with E-state index in [1.165, 1.54) is 7.11 Å². The van der Waals surface area contributed by atoms with Gasteiger partial charge < -0.3 is 14.6 Å². The molecular formula is C18H18N4O2. The van der Waals surface area contributed by atoms with E-state index in [1.54, 1.807) is 12.7 Å². The van der Waals surface area contributed by atoms with Gasteiger partial charge in [-0.2, -0.15) is 0 Å². The van der Waals surface area contributed by atoms with E-state index in [0.717, 1.165) is 16.8 Å². The molecule has 1 aromatic heterocycles. The molecular weight excluding hydrogens is 304 g/mol. The van der Waals surface area contributed by atoms with Gasteiger partial charge in [0.05, 0.1) is 6.54 Å². The van der Waals surface area contributed by atoms with Crippen molar-refractivity contribution in [2.45, 2.75) is 12.6 Å². The van der Waals surface area contributed by atoms with E-state index in [9.17, 15) is 4.79 Å². The molecule has 6 nitrogen and oxygen atoms in total. The minimum absolute atomic E-state index is 0.204. The monoisotopic (exact) mass is 322 g/mol. The van der Waals surface area contributed by atoms with E-state index in [1.807, 2.05) is 59.2 Å². The number of hydrogen-bond donors (Lipinski definition) is 1. The number of carbonyl (C=O) groups is 1. The Kier molecular flexibility index (Phi) is 4.98. The molecule has 0 radical (unpaired) electrons. The zero-order valence-electron chi connectivity index (χ0n) is 13.3. The average Bonchev–Trinajstić information content (AvgIpc) is 3.10. The number of anilines is 1. The third kappa shape index (κ3) is 3.85. The quantitative estimate of drug-likeness (QED) is 0.757. The van der Waals surface area contributed by atoms with Gasteiger partial charge in [-0.05, 0) is 23.3 Å². The number of hydrogen-bond acceptors (Lipinski definition) is 4. The lowest BCUT2D eigenvalue weighted by molar-refractivity contribution is -0.126. The third-order valence-electron chi connectivity index (χ3n) is 3.60. The van der Waals surface area contributed by atoms with E-state index < -0.39 is 6.10 Å². The van der Waals surface area contributed by atoms with Crippen molar-refractivity contribution in [1.82, 2.24) is 14.8 Å². The summed E-state index contributed by atoms with van der Waals surface area (Å²) in [6, 6.07) is 17.1. The van der Waals surface area contributed by atoms with Crippen LogP contribution in [0.1, 0.15) is 17.2 Å². The van der Waals surface area contributed by atoms with Crippen LogP contribution in [-0.4, -0.2) is 27.8 Å². The van der Waals surface area contributed by atoms with Gasteiger partial charge in [0.2, 0.25) is 0 Å². The van der Waals surface area contributed by atoms with Crippen molar-refractivity contribution in [3.63, 3.8) is 0 Å². The zero-order chi connectivity index (χ0) is 16.8. The molecule has 0 spiro atoms. The fraction of sp³-hybridized carbons (Fsp3) is 0.167. The van der Waals surface area contributed by atoms with E-state index in [-0.39, 0.29) is 5.91 Å². The number of nitrogens with one attached hydrogen (secondary N) is 1. The number of amides is 1. The molecule has 3 rings (SSSR count). The fourth-order valence-electron chi connectivity index (χ4n) is 2.49. The van der Waals surface area contributed by atoms with Crippen molar-refractivity contribution < 1.29 is 9.53 Å². The van der Waals surface area contributed by atoms with Gasteiger partial charge in [-0.25, -0.2) is 0 Å². The minimum atomic E-state index is -0.646. The topological polar surface area (TPSA) is 69.0 Å². The molecule has 24 heavy (non-hydrogen) atoms. The SMILES string of the molecule is CO[C@@H](C(=O)Nc1cccc(Cn2cnnc2)c1)c1ccccc1. The summed E-state index contributed by atoms with van der Waals surface area (Å²) in [6.45, 7) is 0.642. The Balaban J connectivity index is 1.72. The van der Waals surface area contributed by atoms with Gasteiger partial charge in [-0.1, -0.05) is 42.5 Å². The lowest BCUT2D eigenvalue weighted by Crippen LogP contribution is -2.22. The number of rotatable bonds is 6. The van der Waals surface area contributed by atoms with Gasteiger partial charge in [0.25, 0.3) is 5.91 Å². The molecule has 0 unspecified atom stereocenters. The van der Waals surface area contributed by atoms with Crippen LogP contribution in [0.4, 0.5) is 5.69 Å². The minimum Gasteiger partial charge on any atom is -0.367 e. The molecule has 0 saturated carbocycles. The Bertz CT molecular complexity index is 788. The van der Waals surface area contributed by atoms with Crippen LogP contribution in [-0.2, 0) is 16.1 Å². The highest BCUT2D eigenvalue weighted by Gasteiger charge is 2.19. The van der Waals surface area contributed by atoms with E-state index in [0.29, 0.717) is 6.54 Å². The van der Waals surface area contributed by atoms with E-state index >= 15 is 0 Å². The van der Waals surface area contributed by atoms with Crippen molar-refractivity contribution in [1.29, 1.82) is 0 Å². The Morgan fingerprint density at radius 3 is 2.58 bits per heavy atom. The maximum absolute atomic E-state index is 12.5. The highest BCUT2D eigenvalue weighted by molar-refractivity contribution is 5.94. The molecule has 0 bridgehead atoms. The van der Waals surface area contributed by atoms with Gasteiger partial charge in [0, 0.05) is 12.8 Å². The summed E-state index contributed by atoms with van der Waals surface area (Å²) in [6.07, 6.45) is 2.66. The summed E-state index contributed by atoms with van der Waals surface area (Å²) < 4.78 is 7.22. The Morgan fingerprint density at radius 1 is 1.12 bits per heavy atom. The van der Waals surface area contributed by atoms with Crippen molar-refractivity contribution in [3.05, 3.63) is 78.4 Å². The summed E-state index contributed by atoms with van der Waals surface area (Å²) in [7, 11) is 1.53. The fourth-order valence-corrected chi connectivity index (χ4v) is 2.49. The second-order valence-electron chi connectivity index (χ2n) is 5.35. The molecule has 0 aliphatic carbocycles. The van der Waals surface area contributed by atoms with Crippen LogP contribution in [0.5, 0.6) is 0 Å². The van der Waals surface area contributed by atoms with Gasteiger partial charge >= 0.3 is 0 Å². The van der Waals surface area contributed by atoms with Crippen molar-refractivity contribution >= 4 is 11.6 Å². The van der Waals surface area contributed by atoms with Gasteiger partial charge in [-0.3, -0.25) is 4.79 Å². The average molecular weight is 322 g/mol.